The molecule has 1 fully saturated rings. The van der Waals surface area contributed by atoms with E-state index in [2.05, 4.69) is 22.1 Å². The van der Waals surface area contributed by atoms with Crippen LogP contribution in [-0.4, -0.2) is 83.9 Å². The molecule has 0 saturated carbocycles. The van der Waals surface area contributed by atoms with Gasteiger partial charge in [0.05, 0.1) is 13.3 Å². The number of ether oxygens (including phenoxy) is 1. The monoisotopic (exact) mass is 386 g/mol. The van der Waals surface area contributed by atoms with E-state index in [1.54, 1.807) is 31.1 Å². The number of methoxy groups -OCH3 is 1. The number of hydrazone groups is 1. The minimum atomic E-state index is -0.630. The Kier molecular flexibility index (Phi) is 5.21. The number of urea groups is 1. The number of aromatic hydroxyl groups is 1. The molecule has 1 aromatic carbocycles. The number of guanidine groups is 1. The van der Waals surface area contributed by atoms with E-state index in [-0.39, 0.29) is 18.2 Å². The van der Waals surface area contributed by atoms with Gasteiger partial charge in [-0.05, 0) is 23.8 Å². The van der Waals surface area contributed by atoms with Gasteiger partial charge in [-0.2, -0.15) is 5.10 Å². The van der Waals surface area contributed by atoms with Gasteiger partial charge in [-0.3, -0.25) is 9.69 Å². The maximum Gasteiger partial charge on any atom is 0.328 e. The van der Waals surface area contributed by atoms with Crippen LogP contribution in [-0.2, 0) is 4.79 Å². The summed E-state index contributed by atoms with van der Waals surface area (Å²) in [5.41, 5.74) is 3.50. The Morgan fingerprint density at radius 1 is 1.36 bits per heavy atom. The molecule has 2 aliphatic rings. The number of nitrogens with zero attached hydrogens (tertiary/aromatic N) is 5. The largest absolute Gasteiger partial charge is 0.504 e. The molecule has 2 heterocycles. The highest BCUT2D eigenvalue weighted by Crippen LogP contribution is 2.27. The number of aliphatic imine (C=N–C) groups is 1. The minimum Gasteiger partial charge on any atom is -0.504 e. The Bertz CT molecular complexity index is 868. The lowest BCUT2D eigenvalue weighted by Gasteiger charge is -2.39. The second-order valence-corrected chi connectivity index (χ2v) is 6.35. The summed E-state index contributed by atoms with van der Waals surface area (Å²) in [6, 6.07) is 3.76. The topological polar surface area (TPSA) is 110 Å². The van der Waals surface area contributed by atoms with Crippen LogP contribution in [0.1, 0.15) is 5.56 Å². The Labute approximate surface area is 162 Å². The van der Waals surface area contributed by atoms with E-state index in [0.717, 1.165) is 4.90 Å². The van der Waals surface area contributed by atoms with Gasteiger partial charge in [0.1, 0.15) is 0 Å². The van der Waals surface area contributed by atoms with Crippen LogP contribution in [0.4, 0.5) is 4.79 Å². The third-order valence-electron chi connectivity index (χ3n) is 4.63. The van der Waals surface area contributed by atoms with Crippen LogP contribution in [0.15, 0.2) is 40.9 Å². The standard InChI is InChI=1S/C18H22N6O4/c1-5-8-24-16(26)14-15(23(3)18(24)27)20-17(22(14)2)21-19-10-11-6-7-12(25)13(9-11)28-4/h5-7,9-10,14-15,25H,1,8H2,2-4H3,(H,20,21)/b19-10+. The lowest BCUT2D eigenvalue weighted by Crippen LogP contribution is -2.64. The average molecular weight is 386 g/mol. The SMILES string of the molecule is C=CCN1C(=O)C2C(N=C(N/N=C/c3ccc(O)c(OC)c3)N2C)N(C)C1=O. The fourth-order valence-electron chi connectivity index (χ4n) is 3.11. The molecule has 2 N–H and O–H groups in total. The molecule has 0 aromatic heterocycles. The molecule has 3 amide bonds. The first kappa shape index (κ1) is 19.2. The van der Waals surface area contributed by atoms with Crippen molar-refractivity contribution in [1.29, 1.82) is 0 Å². The van der Waals surface area contributed by atoms with Crippen molar-refractivity contribution in [3.8, 4) is 11.5 Å². The molecule has 10 heteroatoms. The van der Waals surface area contributed by atoms with E-state index >= 15 is 0 Å². The van der Waals surface area contributed by atoms with Crippen LogP contribution in [0.25, 0.3) is 0 Å². The number of likely N-dealkylation sites (N-methyl/N-ethyl adjacent to an activating group) is 2. The van der Waals surface area contributed by atoms with Crippen LogP contribution >= 0.6 is 0 Å². The van der Waals surface area contributed by atoms with Crippen LogP contribution in [0.5, 0.6) is 11.5 Å². The number of fused-ring (bicyclic) bond motifs is 1. The molecule has 2 unspecified atom stereocenters. The Hall–Kier alpha value is -3.56. The molecule has 2 atom stereocenters. The van der Waals surface area contributed by atoms with Crippen molar-refractivity contribution in [1.82, 2.24) is 20.1 Å². The van der Waals surface area contributed by atoms with Crippen molar-refractivity contribution < 1.29 is 19.4 Å². The predicted octanol–water partition coefficient (Wildman–Crippen LogP) is 0.400. The summed E-state index contributed by atoms with van der Waals surface area (Å²) in [6.45, 7) is 3.73. The molecular formula is C18H22N6O4. The second-order valence-electron chi connectivity index (χ2n) is 6.35. The summed E-state index contributed by atoms with van der Waals surface area (Å²) >= 11 is 0. The summed E-state index contributed by atoms with van der Waals surface area (Å²) in [5, 5.41) is 13.8. The minimum absolute atomic E-state index is 0.0341. The number of hydrogen-bond acceptors (Lipinski definition) is 8. The summed E-state index contributed by atoms with van der Waals surface area (Å²) in [7, 11) is 4.78. The first-order valence-corrected chi connectivity index (χ1v) is 8.54. The summed E-state index contributed by atoms with van der Waals surface area (Å²) < 4.78 is 5.06. The van der Waals surface area contributed by atoms with Crippen molar-refractivity contribution in [2.24, 2.45) is 10.1 Å². The van der Waals surface area contributed by atoms with Gasteiger partial charge in [0.25, 0.3) is 5.91 Å². The van der Waals surface area contributed by atoms with Gasteiger partial charge < -0.3 is 19.6 Å². The van der Waals surface area contributed by atoms with Gasteiger partial charge in [0.15, 0.2) is 23.7 Å². The number of rotatable bonds is 5. The van der Waals surface area contributed by atoms with Crippen molar-refractivity contribution in [2.75, 3.05) is 27.7 Å². The van der Waals surface area contributed by atoms with Gasteiger partial charge in [-0.15, -0.1) is 6.58 Å². The van der Waals surface area contributed by atoms with E-state index in [1.807, 2.05) is 0 Å². The average Bonchev–Trinajstić information content (AvgIpc) is 3.01. The highest BCUT2D eigenvalue weighted by molar-refractivity contribution is 6.03. The van der Waals surface area contributed by atoms with Gasteiger partial charge in [-0.1, -0.05) is 6.08 Å². The van der Waals surface area contributed by atoms with Crippen LogP contribution < -0.4 is 10.2 Å². The molecule has 10 nitrogen and oxygen atoms in total. The van der Waals surface area contributed by atoms with Crippen LogP contribution in [0, 0.1) is 0 Å². The first-order valence-electron chi connectivity index (χ1n) is 8.54. The zero-order valence-electron chi connectivity index (χ0n) is 15.9. The number of phenolic OH excluding ortho intramolecular Hbond substituents is 1. The molecule has 1 aromatic rings. The predicted molar refractivity (Wildman–Crippen MR) is 103 cm³/mol. The lowest BCUT2D eigenvalue weighted by molar-refractivity contribution is -0.136. The number of phenols is 1. The molecule has 0 bridgehead atoms. The Balaban J connectivity index is 1.75. The molecule has 0 spiro atoms. The smallest absolute Gasteiger partial charge is 0.328 e. The number of carbonyl (C=O) groups excluding carboxylic acids is 2. The first-order chi connectivity index (χ1) is 13.4. The number of hydrogen-bond donors (Lipinski definition) is 2. The number of amides is 3. The molecule has 148 valence electrons. The van der Waals surface area contributed by atoms with Crippen molar-refractivity contribution >= 4 is 24.1 Å². The Morgan fingerprint density at radius 3 is 2.79 bits per heavy atom. The molecule has 0 radical (unpaired) electrons. The maximum atomic E-state index is 12.7. The number of nitrogens with one attached hydrogen (secondary N) is 1. The van der Waals surface area contributed by atoms with Crippen LogP contribution in [0.3, 0.4) is 0 Å². The van der Waals surface area contributed by atoms with E-state index < -0.39 is 18.2 Å². The zero-order chi connectivity index (χ0) is 20.4. The molecule has 3 rings (SSSR count). The van der Waals surface area contributed by atoms with E-state index in [0.29, 0.717) is 17.3 Å². The van der Waals surface area contributed by atoms with E-state index in [4.69, 9.17) is 4.74 Å². The van der Waals surface area contributed by atoms with Crippen molar-refractivity contribution in [3.05, 3.63) is 36.4 Å². The van der Waals surface area contributed by atoms with E-state index in [1.165, 1.54) is 30.4 Å². The highest BCUT2D eigenvalue weighted by atomic mass is 16.5. The van der Waals surface area contributed by atoms with Gasteiger partial charge >= 0.3 is 6.03 Å². The van der Waals surface area contributed by atoms with Crippen molar-refractivity contribution in [3.63, 3.8) is 0 Å². The highest BCUT2D eigenvalue weighted by Gasteiger charge is 2.50. The quantitative estimate of drug-likeness (QED) is 0.431. The number of benzene rings is 1. The van der Waals surface area contributed by atoms with Crippen molar-refractivity contribution in [2.45, 2.75) is 12.2 Å². The normalized spacial score (nSPS) is 21.8. The molecule has 2 aliphatic heterocycles. The third-order valence-corrected chi connectivity index (χ3v) is 4.63. The zero-order valence-corrected chi connectivity index (χ0v) is 15.9. The number of carbonyl (C=O) groups is 2. The van der Waals surface area contributed by atoms with E-state index in [9.17, 15) is 14.7 Å². The maximum absolute atomic E-state index is 12.7. The van der Waals surface area contributed by atoms with Crippen LogP contribution in [0.2, 0.25) is 0 Å². The fourth-order valence-corrected chi connectivity index (χ4v) is 3.11. The lowest BCUT2D eigenvalue weighted by atomic mass is 10.1. The third kappa shape index (κ3) is 3.24. The summed E-state index contributed by atoms with van der Waals surface area (Å²) in [5.74, 6) is 0.402. The van der Waals surface area contributed by atoms with Gasteiger partial charge in [-0.25, -0.2) is 15.2 Å². The molecule has 28 heavy (non-hydrogen) atoms. The molecular weight excluding hydrogens is 364 g/mol. The molecule has 1 saturated heterocycles. The molecule has 0 aliphatic carbocycles. The fraction of sp³-hybridized carbons (Fsp3) is 0.333. The van der Waals surface area contributed by atoms with Gasteiger partial charge in [0, 0.05) is 20.6 Å². The summed E-state index contributed by atoms with van der Waals surface area (Å²) in [4.78, 5) is 33.8. The van der Waals surface area contributed by atoms with Gasteiger partial charge in [0.2, 0.25) is 5.96 Å². The second kappa shape index (κ2) is 7.59. The number of imide groups is 1. The Morgan fingerprint density at radius 2 is 2.11 bits per heavy atom. The summed E-state index contributed by atoms with van der Waals surface area (Å²) in [6.07, 6.45) is 2.41.